The molecule has 0 spiro atoms. The average Bonchev–Trinajstić information content (AvgIpc) is 2.48. The number of para-hydroxylation sites is 1. The van der Waals surface area contributed by atoms with Crippen molar-refractivity contribution in [3.05, 3.63) is 72.3 Å². The molecule has 0 atom stereocenters. The molecule has 1 heteroatoms. The van der Waals surface area contributed by atoms with E-state index in [1.165, 1.54) is 10.9 Å². The fraction of sp³-hybridized carbons (Fsp3) is 0.0556. The third-order valence-corrected chi connectivity index (χ3v) is 3.16. The number of hydrogen-bond donors (Lipinski definition) is 0. The molecule has 3 aromatic rings. The van der Waals surface area contributed by atoms with E-state index in [-0.39, 0.29) is 0 Å². The predicted octanol–water partition coefficient (Wildman–Crippen LogP) is 4.93. The molecule has 0 amide bonds. The maximum absolute atomic E-state index is 4.75. The smallest absolute Gasteiger partial charge is 0.0715 e. The summed E-state index contributed by atoms with van der Waals surface area (Å²) >= 11 is 0. The van der Waals surface area contributed by atoms with Crippen molar-refractivity contribution in [3.8, 4) is 11.3 Å². The van der Waals surface area contributed by atoms with Crippen molar-refractivity contribution < 1.29 is 0 Å². The first-order chi connectivity index (χ1) is 9.38. The van der Waals surface area contributed by atoms with Crippen molar-refractivity contribution in [3.63, 3.8) is 0 Å². The molecule has 1 heterocycles. The molecule has 0 aliphatic carbocycles. The first-order valence-corrected chi connectivity index (χ1v) is 6.46. The van der Waals surface area contributed by atoms with Gasteiger partial charge in [-0.15, -0.1) is 0 Å². The number of allylic oxidation sites excluding steroid dienone is 1. The Labute approximate surface area is 113 Å². The minimum Gasteiger partial charge on any atom is -0.248 e. The minimum atomic E-state index is 1.02. The lowest BCUT2D eigenvalue weighted by atomic mass is 10.0. The van der Waals surface area contributed by atoms with Gasteiger partial charge in [-0.25, -0.2) is 4.98 Å². The number of fused-ring (bicyclic) bond motifs is 1. The number of benzene rings is 2. The van der Waals surface area contributed by atoms with Crippen LogP contribution in [0.3, 0.4) is 0 Å². The largest absolute Gasteiger partial charge is 0.248 e. The second-order valence-corrected chi connectivity index (χ2v) is 4.48. The molecule has 0 radical (unpaired) electrons. The van der Waals surface area contributed by atoms with E-state index >= 15 is 0 Å². The molecule has 0 fully saturated rings. The Bertz CT molecular complexity index is 727. The Morgan fingerprint density at radius 2 is 1.63 bits per heavy atom. The Morgan fingerprint density at radius 3 is 2.42 bits per heavy atom. The summed E-state index contributed by atoms with van der Waals surface area (Å²) in [5.41, 5.74) is 4.43. The Kier molecular flexibility index (Phi) is 3.11. The van der Waals surface area contributed by atoms with Gasteiger partial charge >= 0.3 is 0 Å². The van der Waals surface area contributed by atoms with Gasteiger partial charge in [-0.1, -0.05) is 60.7 Å². The zero-order valence-electron chi connectivity index (χ0n) is 10.9. The zero-order valence-corrected chi connectivity index (χ0v) is 10.9. The van der Waals surface area contributed by atoms with Gasteiger partial charge in [-0.3, -0.25) is 0 Å². The molecule has 3 rings (SSSR count). The lowest BCUT2D eigenvalue weighted by molar-refractivity contribution is 1.39. The van der Waals surface area contributed by atoms with Crippen molar-refractivity contribution in [1.29, 1.82) is 0 Å². The molecule has 0 aliphatic heterocycles. The molecule has 0 N–H and O–H groups in total. The zero-order chi connectivity index (χ0) is 13.1. The van der Waals surface area contributed by atoms with Gasteiger partial charge in [0.15, 0.2) is 0 Å². The van der Waals surface area contributed by atoms with Crippen LogP contribution < -0.4 is 0 Å². The highest BCUT2D eigenvalue weighted by atomic mass is 14.7. The third kappa shape index (κ3) is 2.27. The molecule has 19 heavy (non-hydrogen) atoms. The first-order valence-electron chi connectivity index (χ1n) is 6.46. The van der Waals surface area contributed by atoms with Gasteiger partial charge in [0.1, 0.15) is 0 Å². The summed E-state index contributed by atoms with van der Waals surface area (Å²) in [6.07, 6.45) is 4.20. The van der Waals surface area contributed by atoms with Crippen LogP contribution in [0, 0.1) is 0 Å². The van der Waals surface area contributed by atoms with Crippen LogP contribution in [0.1, 0.15) is 12.5 Å². The molecular weight excluding hydrogens is 230 g/mol. The van der Waals surface area contributed by atoms with Gasteiger partial charge in [0.05, 0.1) is 11.2 Å². The summed E-state index contributed by atoms with van der Waals surface area (Å²) in [6, 6.07) is 20.7. The fourth-order valence-corrected chi connectivity index (χ4v) is 2.28. The van der Waals surface area contributed by atoms with Gasteiger partial charge < -0.3 is 0 Å². The summed E-state index contributed by atoms with van der Waals surface area (Å²) in [6.45, 7) is 2.04. The van der Waals surface area contributed by atoms with Crippen LogP contribution >= 0.6 is 0 Å². The Morgan fingerprint density at radius 1 is 0.895 bits per heavy atom. The highest BCUT2D eigenvalue weighted by molar-refractivity contribution is 5.90. The number of aromatic nitrogens is 1. The molecular formula is C18H15N. The molecule has 1 aromatic heterocycles. The van der Waals surface area contributed by atoms with Gasteiger partial charge in [-0.05, 0) is 24.6 Å². The summed E-state index contributed by atoms with van der Waals surface area (Å²) in [5.74, 6) is 0. The molecule has 0 unspecified atom stereocenters. The van der Waals surface area contributed by atoms with Crippen molar-refractivity contribution in [2.45, 2.75) is 6.92 Å². The number of pyridine rings is 1. The van der Waals surface area contributed by atoms with E-state index < -0.39 is 0 Å². The summed E-state index contributed by atoms with van der Waals surface area (Å²) in [5, 5.41) is 1.19. The number of rotatable bonds is 2. The van der Waals surface area contributed by atoms with Crippen LogP contribution in [0.15, 0.2) is 66.7 Å². The van der Waals surface area contributed by atoms with Gasteiger partial charge in [0.25, 0.3) is 0 Å². The van der Waals surface area contributed by atoms with E-state index in [9.17, 15) is 0 Å². The van der Waals surface area contributed by atoms with E-state index in [0.29, 0.717) is 0 Å². The van der Waals surface area contributed by atoms with Crippen LogP contribution in [0.5, 0.6) is 0 Å². The average molecular weight is 245 g/mol. The van der Waals surface area contributed by atoms with Crippen LogP contribution in [0.2, 0.25) is 0 Å². The topological polar surface area (TPSA) is 12.9 Å². The molecule has 0 saturated carbocycles. The fourth-order valence-electron chi connectivity index (χ4n) is 2.28. The highest BCUT2D eigenvalue weighted by Gasteiger charge is 2.04. The van der Waals surface area contributed by atoms with Crippen molar-refractivity contribution >= 4 is 17.0 Å². The second kappa shape index (κ2) is 5.07. The Hall–Kier alpha value is -2.41. The van der Waals surface area contributed by atoms with E-state index in [1.54, 1.807) is 0 Å². The summed E-state index contributed by atoms with van der Waals surface area (Å²) in [7, 11) is 0. The van der Waals surface area contributed by atoms with Crippen molar-refractivity contribution in [2.24, 2.45) is 0 Å². The Balaban J connectivity index is 2.28. The summed E-state index contributed by atoms with van der Waals surface area (Å²) < 4.78 is 0. The standard InChI is InChI=1S/C18H15N/c1-2-8-15-13-18(14-9-4-3-5-10-14)19-17-12-7-6-11-16(15)17/h2-13H,1H3. The second-order valence-electron chi connectivity index (χ2n) is 4.48. The third-order valence-electron chi connectivity index (χ3n) is 3.16. The van der Waals surface area contributed by atoms with Crippen LogP contribution in [-0.4, -0.2) is 4.98 Å². The number of nitrogens with zero attached hydrogens (tertiary/aromatic N) is 1. The van der Waals surface area contributed by atoms with E-state index in [2.05, 4.69) is 48.6 Å². The lowest BCUT2D eigenvalue weighted by Gasteiger charge is -2.07. The molecule has 0 bridgehead atoms. The van der Waals surface area contributed by atoms with Gasteiger partial charge in [0, 0.05) is 10.9 Å². The molecule has 0 aliphatic rings. The van der Waals surface area contributed by atoms with E-state index in [4.69, 9.17) is 4.98 Å². The molecule has 2 aromatic carbocycles. The number of hydrogen-bond acceptors (Lipinski definition) is 1. The maximum atomic E-state index is 4.75. The predicted molar refractivity (Wildman–Crippen MR) is 81.9 cm³/mol. The molecule has 0 saturated heterocycles. The summed E-state index contributed by atoms with van der Waals surface area (Å²) in [4.78, 5) is 4.75. The SMILES string of the molecule is CC=Cc1cc(-c2ccccc2)nc2ccccc12. The van der Waals surface area contributed by atoms with Crippen molar-refractivity contribution in [2.75, 3.05) is 0 Å². The first kappa shape index (κ1) is 11.7. The molecule has 92 valence electrons. The van der Waals surface area contributed by atoms with Gasteiger partial charge in [-0.2, -0.15) is 0 Å². The van der Waals surface area contributed by atoms with Crippen LogP contribution in [0.25, 0.3) is 28.2 Å². The van der Waals surface area contributed by atoms with E-state index in [1.807, 2.05) is 31.2 Å². The quantitative estimate of drug-likeness (QED) is 0.623. The molecule has 1 nitrogen and oxygen atoms in total. The highest BCUT2D eigenvalue weighted by Crippen LogP contribution is 2.25. The van der Waals surface area contributed by atoms with Crippen molar-refractivity contribution in [1.82, 2.24) is 4.98 Å². The lowest BCUT2D eigenvalue weighted by Crippen LogP contribution is -1.88. The van der Waals surface area contributed by atoms with Crippen LogP contribution in [0.4, 0.5) is 0 Å². The monoisotopic (exact) mass is 245 g/mol. The van der Waals surface area contributed by atoms with E-state index in [0.717, 1.165) is 16.8 Å². The maximum Gasteiger partial charge on any atom is 0.0715 e. The van der Waals surface area contributed by atoms with Gasteiger partial charge in [0.2, 0.25) is 0 Å². The minimum absolute atomic E-state index is 1.02. The van der Waals surface area contributed by atoms with Crippen LogP contribution in [-0.2, 0) is 0 Å². The normalized spacial score (nSPS) is 11.2.